The molecule has 6 nitrogen and oxygen atoms in total. The molecule has 21 heavy (non-hydrogen) atoms. The van der Waals surface area contributed by atoms with E-state index in [1.807, 2.05) is 0 Å². The van der Waals surface area contributed by atoms with Crippen LogP contribution in [0, 0.1) is 5.82 Å². The SMILES string of the molecule is CC(C(=O)O)N(CCC(=O)O)C(=O)Cc1ccc(F)cc1. The first kappa shape index (κ1) is 16.6. The van der Waals surface area contributed by atoms with Crippen LogP contribution >= 0.6 is 0 Å². The van der Waals surface area contributed by atoms with E-state index in [-0.39, 0.29) is 19.4 Å². The first-order chi connectivity index (χ1) is 9.81. The highest BCUT2D eigenvalue weighted by Crippen LogP contribution is 2.09. The maximum absolute atomic E-state index is 12.8. The van der Waals surface area contributed by atoms with Crippen molar-refractivity contribution in [3.63, 3.8) is 0 Å². The van der Waals surface area contributed by atoms with E-state index in [4.69, 9.17) is 10.2 Å². The van der Waals surface area contributed by atoms with Gasteiger partial charge in [0.2, 0.25) is 5.91 Å². The smallest absolute Gasteiger partial charge is 0.326 e. The van der Waals surface area contributed by atoms with Crippen LogP contribution in [0.2, 0.25) is 0 Å². The predicted octanol–water partition coefficient (Wildman–Crippen LogP) is 1.14. The van der Waals surface area contributed by atoms with Crippen molar-refractivity contribution in [3.05, 3.63) is 35.6 Å². The molecule has 1 aromatic carbocycles. The van der Waals surface area contributed by atoms with E-state index in [1.165, 1.54) is 31.2 Å². The molecular formula is C14H16FNO5. The van der Waals surface area contributed by atoms with Gasteiger partial charge in [-0.15, -0.1) is 0 Å². The monoisotopic (exact) mass is 297 g/mol. The van der Waals surface area contributed by atoms with E-state index in [9.17, 15) is 18.8 Å². The zero-order valence-electron chi connectivity index (χ0n) is 11.5. The Bertz CT molecular complexity index is 529. The van der Waals surface area contributed by atoms with Gasteiger partial charge in [0, 0.05) is 6.54 Å². The number of hydrogen-bond acceptors (Lipinski definition) is 3. The fourth-order valence-corrected chi connectivity index (χ4v) is 1.76. The molecule has 0 aromatic heterocycles. The van der Waals surface area contributed by atoms with Gasteiger partial charge in [0.05, 0.1) is 12.8 Å². The number of hydrogen-bond donors (Lipinski definition) is 2. The van der Waals surface area contributed by atoms with Crippen LogP contribution in [0.1, 0.15) is 18.9 Å². The van der Waals surface area contributed by atoms with Crippen molar-refractivity contribution >= 4 is 17.8 Å². The van der Waals surface area contributed by atoms with Gasteiger partial charge in [0.15, 0.2) is 0 Å². The Hall–Kier alpha value is -2.44. The van der Waals surface area contributed by atoms with Gasteiger partial charge >= 0.3 is 11.9 Å². The molecule has 0 fully saturated rings. The normalized spacial score (nSPS) is 11.7. The molecule has 1 amide bonds. The van der Waals surface area contributed by atoms with Crippen LogP contribution in [0.25, 0.3) is 0 Å². The Balaban J connectivity index is 2.80. The topological polar surface area (TPSA) is 94.9 Å². The molecule has 7 heteroatoms. The zero-order valence-corrected chi connectivity index (χ0v) is 11.5. The van der Waals surface area contributed by atoms with Crippen molar-refractivity contribution < 1.29 is 29.0 Å². The molecule has 0 aliphatic carbocycles. The lowest BCUT2D eigenvalue weighted by Crippen LogP contribution is -2.45. The Kier molecular flexibility index (Phi) is 5.83. The molecule has 0 aliphatic rings. The van der Waals surface area contributed by atoms with Gasteiger partial charge in [-0.1, -0.05) is 12.1 Å². The summed E-state index contributed by atoms with van der Waals surface area (Å²) in [4.78, 5) is 34.7. The van der Waals surface area contributed by atoms with Crippen LogP contribution in [-0.2, 0) is 20.8 Å². The van der Waals surface area contributed by atoms with Crippen LogP contribution in [0.3, 0.4) is 0 Å². The molecule has 1 aromatic rings. The summed E-state index contributed by atoms with van der Waals surface area (Å²) < 4.78 is 12.8. The van der Waals surface area contributed by atoms with Gasteiger partial charge in [-0.3, -0.25) is 9.59 Å². The van der Waals surface area contributed by atoms with Gasteiger partial charge < -0.3 is 15.1 Å². The van der Waals surface area contributed by atoms with Crippen LogP contribution in [0.4, 0.5) is 4.39 Å². The minimum absolute atomic E-state index is 0.114. The summed E-state index contributed by atoms with van der Waals surface area (Å²) in [5, 5.41) is 17.6. The third kappa shape index (κ3) is 5.21. The van der Waals surface area contributed by atoms with Crippen molar-refractivity contribution in [1.29, 1.82) is 0 Å². The van der Waals surface area contributed by atoms with Gasteiger partial charge in [0.25, 0.3) is 0 Å². The number of amides is 1. The van der Waals surface area contributed by atoms with Crippen LogP contribution in [-0.4, -0.2) is 45.5 Å². The molecule has 2 N–H and O–H groups in total. The summed E-state index contributed by atoms with van der Waals surface area (Å²) in [6.07, 6.45) is -0.454. The van der Waals surface area contributed by atoms with Crippen LogP contribution < -0.4 is 0 Å². The lowest BCUT2D eigenvalue weighted by Gasteiger charge is -2.26. The van der Waals surface area contributed by atoms with Crippen molar-refractivity contribution in [2.75, 3.05) is 6.54 Å². The highest BCUT2D eigenvalue weighted by atomic mass is 19.1. The highest BCUT2D eigenvalue weighted by Gasteiger charge is 2.25. The molecule has 0 saturated heterocycles. The molecule has 1 unspecified atom stereocenters. The lowest BCUT2D eigenvalue weighted by molar-refractivity contribution is -0.150. The second kappa shape index (κ2) is 7.37. The molecule has 1 rings (SSSR count). The van der Waals surface area contributed by atoms with Crippen molar-refractivity contribution in [2.45, 2.75) is 25.8 Å². The summed E-state index contributed by atoms with van der Waals surface area (Å²) in [7, 11) is 0. The van der Waals surface area contributed by atoms with Crippen LogP contribution in [0.5, 0.6) is 0 Å². The van der Waals surface area contributed by atoms with E-state index >= 15 is 0 Å². The lowest BCUT2D eigenvalue weighted by atomic mass is 10.1. The first-order valence-corrected chi connectivity index (χ1v) is 6.29. The van der Waals surface area contributed by atoms with Gasteiger partial charge in [-0.25, -0.2) is 9.18 Å². The quantitative estimate of drug-likeness (QED) is 0.787. The number of rotatable bonds is 7. The summed E-state index contributed by atoms with van der Waals surface area (Å²) in [6.45, 7) is 1.12. The molecule has 0 saturated carbocycles. The minimum atomic E-state index is -1.21. The Morgan fingerprint density at radius 3 is 2.24 bits per heavy atom. The van der Waals surface area contributed by atoms with Crippen molar-refractivity contribution in [1.82, 2.24) is 4.90 Å². The number of carboxylic acids is 2. The third-order valence-electron chi connectivity index (χ3n) is 2.98. The molecule has 114 valence electrons. The predicted molar refractivity (Wildman–Crippen MR) is 71.2 cm³/mol. The van der Waals surface area contributed by atoms with E-state index in [0.29, 0.717) is 5.56 Å². The maximum Gasteiger partial charge on any atom is 0.326 e. The second-order valence-corrected chi connectivity index (χ2v) is 4.55. The molecular weight excluding hydrogens is 281 g/mol. The fraction of sp³-hybridized carbons (Fsp3) is 0.357. The Morgan fingerprint density at radius 2 is 1.76 bits per heavy atom. The molecule has 0 bridgehead atoms. The largest absolute Gasteiger partial charge is 0.481 e. The Morgan fingerprint density at radius 1 is 1.19 bits per heavy atom. The standard InChI is InChI=1S/C14H16FNO5/c1-9(14(20)21)16(7-6-13(18)19)12(17)8-10-2-4-11(15)5-3-10/h2-5,9H,6-8H2,1H3,(H,18,19)(H,20,21). The Labute approximate surface area is 120 Å². The number of aliphatic carboxylic acids is 2. The first-order valence-electron chi connectivity index (χ1n) is 6.29. The number of nitrogens with zero attached hydrogens (tertiary/aromatic N) is 1. The summed E-state index contributed by atoms with van der Waals surface area (Å²) >= 11 is 0. The van der Waals surface area contributed by atoms with Crippen molar-refractivity contribution in [2.24, 2.45) is 0 Å². The van der Waals surface area contributed by atoms with E-state index in [1.54, 1.807) is 0 Å². The number of carbonyl (C=O) groups is 3. The van der Waals surface area contributed by atoms with E-state index in [0.717, 1.165) is 4.90 Å². The summed E-state index contributed by atoms with van der Waals surface area (Å²) in [5.41, 5.74) is 0.527. The van der Waals surface area contributed by atoms with Crippen LogP contribution in [0.15, 0.2) is 24.3 Å². The third-order valence-corrected chi connectivity index (χ3v) is 2.98. The summed E-state index contributed by atoms with van der Waals surface area (Å²) in [5.74, 6) is -3.29. The number of carbonyl (C=O) groups excluding carboxylic acids is 1. The average molecular weight is 297 g/mol. The zero-order chi connectivity index (χ0) is 16.0. The number of benzene rings is 1. The van der Waals surface area contributed by atoms with Crippen molar-refractivity contribution in [3.8, 4) is 0 Å². The van der Waals surface area contributed by atoms with E-state index in [2.05, 4.69) is 0 Å². The molecule has 0 spiro atoms. The average Bonchev–Trinajstić information content (AvgIpc) is 2.41. The fourth-order valence-electron chi connectivity index (χ4n) is 1.76. The minimum Gasteiger partial charge on any atom is -0.481 e. The number of halogens is 1. The molecule has 0 aliphatic heterocycles. The molecule has 0 radical (unpaired) electrons. The van der Waals surface area contributed by atoms with Gasteiger partial charge in [-0.05, 0) is 24.6 Å². The second-order valence-electron chi connectivity index (χ2n) is 4.55. The number of carboxylic acid groups (broad SMARTS) is 2. The molecule has 0 heterocycles. The van der Waals surface area contributed by atoms with Gasteiger partial charge in [-0.2, -0.15) is 0 Å². The highest BCUT2D eigenvalue weighted by molar-refractivity contribution is 5.85. The van der Waals surface area contributed by atoms with E-state index < -0.39 is 29.7 Å². The summed E-state index contributed by atoms with van der Waals surface area (Å²) in [6, 6.07) is 4.12. The van der Waals surface area contributed by atoms with Gasteiger partial charge in [0.1, 0.15) is 11.9 Å². The molecule has 1 atom stereocenters. The maximum atomic E-state index is 12.8.